The second-order valence-electron chi connectivity index (χ2n) is 5.59. The van der Waals surface area contributed by atoms with Gasteiger partial charge in [-0.25, -0.2) is 13.6 Å². The molecule has 1 unspecified atom stereocenters. The van der Waals surface area contributed by atoms with E-state index in [1.807, 2.05) is 0 Å². The molecular weight excluding hydrogens is 375 g/mol. The van der Waals surface area contributed by atoms with Gasteiger partial charge in [0.05, 0.1) is 11.3 Å². The molecule has 2 aromatic carbocycles. The van der Waals surface area contributed by atoms with Crippen LogP contribution in [0.1, 0.15) is 16.5 Å². The van der Waals surface area contributed by atoms with Crippen molar-refractivity contribution < 1.29 is 26.7 Å². The van der Waals surface area contributed by atoms with Crippen molar-refractivity contribution >= 4 is 23.5 Å². The topological polar surface area (TPSA) is 32.3 Å². The van der Waals surface area contributed by atoms with Gasteiger partial charge in [-0.2, -0.15) is 13.2 Å². The largest absolute Gasteiger partial charge is 0.416 e. The summed E-state index contributed by atoms with van der Waals surface area (Å²) in [5.74, 6) is -1.08. The number of amides is 2. The van der Waals surface area contributed by atoms with Crippen LogP contribution in [-0.2, 0) is 6.18 Å². The number of alkyl halides is 3. The molecule has 1 aliphatic rings. The molecule has 1 N–H and O–H groups in total. The number of anilines is 1. The van der Waals surface area contributed by atoms with E-state index in [4.69, 9.17) is 0 Å². The molecule has 1 aliphatic heterocycles. The van der Waals surface area contributed by atoms with Gasteiger partial charge in [0.2, 0.25) is 0 Å². The summed E-state index contributed by atoms with van der Waals surface area (Å²) in [6, 6.07) is 6.75. The number of hydrogen-bond donors (Lipinski definition) is 1. The van der Waals surface area contributed by atoms with E-state index in [-0.39, 0.29) is 5.69 Å². The van der Waals surface area contributed by atoms with Gasteiger partial charge in [0.1, 0.15) is 17.0 Å². The van der Waals surface area contributed by atoms with E-state index in [0.29, 0.717) is 23.9 Å². The van der Waals surface area contributed by atoms with Gasteiger partial charge in [-0.3, -0.25) is 0 Å². The summed E-state index contributed by atoms with van der Waals surface area (Å²) in [5.41, 5.74) is -0.400. The van der Waals surface area contributed by atoms with Crippen molar-refractivity contribution in [1.82, 2.24) is 4.90 Å². The predicted molar refractivity (Wildman–Crippen MR) is 88.7 cm³/mol. The van der Waals surface area contributed by atoms with E-state index in [1.54, 1.807) is 0 Å². The van der Waals surface area contributed by atoms with Crippen molar-refractivity contribution in [2.45, 2.75) is 11.6 Å². The lowest BCUT2D eigenvalue weighted by Crippen LogP contribution is -2.34. The Morgan fingerprint density at radius 2 is 1.81 bits per heavy atom. The highest BCUT2D eigenvalue weighted by atomic mass is 32.2. The van der Waals surface area contributed by atoms with Gasteiger partial charge in [0.25, 0.3) is 0 Å². The fourth-order valence-corrected chi connectivity index (χ4v) is 3.82. The number of benzene rings is 2. The predicted octanol–water partition coefficient (Wildman–Crippen LogP) is 5.26. The van der Waals surface area contributed by atoms with E-state index in [2.05, 4.69) is 5.32 Å². The zero-order chi connectivity index (χ0) is 18.9. The molecule has 2 aromatic rings. The smallest absolute Gasteiger partial charge is 0.308 e. The van der Waals surface area contributed by atoms with Gasteiger partial charge >= 0.3 is 12.2 Å². The molecule has 1 saturated heterocycles. The molecule has 138 valence electrons. The maximum atomic E-state index is 13.7. The number of nitrogens with zero attached hydrogens (tertiary/aromatic N) is 1. The Morgan fingerprint density at radius 1 is 1.12 bits per heavy atom. The lowest BCUT2D eigenvalue weighted by molar-refractivity contribution is -0.137. The van der Waals surface area contributed by atoms with Crippen LogP contribution in [0.15, 0.2) is 42.5 Å². The van der Waals surface area contributed by atoms with Gasteiger partial charge in [0.15, 0.2) is 0 Å². The van der Waals surface area contributed by atoms with Crippen molar-refractivity contribution in [2.24, 2.45) is 0 Å². The van der Waals surface area contributed by atoms with Crippen LogP contribution in [0.5, 0.6) is 0 Å². The van der Waals surface area contributed by atoms with Crippen molar-refractivity contribution in [3.8, 4) is 0 Å². The summed E-state index contributed by atoms with van der Waals surface area (Å²) < 4.78 is 64.6. The van der Waals surface area contributed by atoms with Crippen LogP contribution >= 0.6 is 11.8 Å². The molecule has 1 atom stereocenters. The van der Waals surface area contributed by atoms with Gasteiger partial charge in [-0.15, -0.1) is 11.8 Å². The molecule has 3 nitrogen and oxygen atoms in total. The van der Waals surface area contributed by atoms with Gasteiger partial charge < -0.3 is 10.2 Å². The van der Waals surface area contributed by atoms with Crippen LogP contribution < -0.4 is 5.32 Å². The van der Waals surface area contributed by atoms with Crippen LogP contribution in [0.4, 0.5) is 32.4 Å². The Morgan fingerprint density at radius 3 is 2.42 bits per heavy atom. The third kappa shape index (κ3) is 3.92. The Hall–Kier alpha value is -2.29. The molecule has 0 bridgehead atoms. The highest BCUT2D eigenvalue weighted by Crippen LogP contribution is 2.39. The maximum Gasteiger partial charge on any atom is 0.416 e. The van der Waals surface area contributed by atoms with Crippen molar-refractivity contribution in [1.29, 1.82) is 0 Å². The minimum atomic E-state index is -4.43. The zero-order valence-electron chi connectivity index (χ0n) is 13.2. The molecule has 3 rings (SSSR count). The monoisotopic (exact) mass is 388 g/mol. The van der Waals surface area contributed by atoms with Crippen LogP contribution in [0.25, 0.3) is 0 Å². The second kappa shape index (κ2) is 7.14. The highest BCUT2D eigenvalue weighted by molar-refractivity contribution is 7.99. The normalized spacial score (nSPS) is 17.4. The fraction of sp³-hybridized carbons (Fsp3) is 0.235. The van der Waals surface area contributed by atoms with Crippen LogP contribution in [0.2, 0.25) is 0 Å². The average molecular weight is 388 g/mol. The van der Waals surface area contributed by atoms with Crippen LogP contribution in [-0.4, -0.2) is 23.2 Å². The van der Waals surface area contributed by atoms with Crippen LogP contribution in [0.3, 0.4) is 0 Å². The molecular formula is C17H13F5N2OS. The molecule has 2 amide bonds. The summed E-state index contributed by atoms with van der Waals surface area (Å²) in [6.07, 6.45) is -4.43. The van der Waals surface area contributed by atoms with E-state index in [0.717, 1.165) is 24.3 Å². The summed E-state index contributed by atoms with van der Waals surface area (Å²) in [7, 11) is 0. The number of halogens is 5. The number of rotatable bonds is 2. The van der Waals surface area contributed by atoms with Gasteiger partial charge in [0, 0.05) is 18.4 Å². The molecule has 0 saturated carbocycles. The Balaban J connectivity index is 1.76. The summed E-state index contributed by atoms with van der Waals surface area (Å²) >= 11 is 1.39. The number of carbonyl (C=O) groups excluding carboxylic acids is 1. The first kappa shape index (κ1) is 18.5. The Bertz CT molecular complexity index is 810. The summed E-state index contributed by atoms with van der Waals surface area (Å²) in [6.45, 7) is 0.352. The molecule has 1 fully saturated rings. The number of urea groups is 1. The quantitative estimate of drug-likeness (QED) is 0.712. The zero-order valence-corrected chi connectivity index (χ0v) is 14.0. The van der Waals surface area contributed by atoms with E-state index in [9.17, 15) is 26.7 Å². The first-order chi connectivity index (χ1) is 12.3. The summed E-state index contributed by atoms with van der Waals surface area (Å²) in [5, 5.41) is 1.88. The SMILES string of the molecule is O=C(Nc1ccc(F)cc1F)N1CCSC1c1ccc(C(F)(F)F)cc1. The first-order valence-corrected chi connectivity index (χ1v) is 8.62. The molecule has 0 radical (unpaired) electrons. The molecule has 9 heteroatoms. The highest BCUT2D eigenvalue weighted by Gasteiger charge is 2.33. The standard InChI is InChI=1S/C17H13F5N2OS/c18-12-5-6-14(13(19)9-12)23-16(25)24-7-8-26-15(24)10-1-3-11(4-2-10)17(20,21)22/h1-6,9,15H,7-8H2,(H,23,25). The molecule has 0 spiro atoms. The number of carbonyl (C=O) groups is 1. The Labute approximate surface area is 150 Å². The lowest BCUT2D eigenvalue weighted by Gasteiger charge is -2.24. The minimum absolute atomic E-state index is 0.167. The van der Waals surface area contributed by atoms with Crippen molar-refractivity contribution in [3.05, 3.63) is 65.2 Å². The first-order valence-electron chi connectivity index (χ1n) is 7.57. The van der Waals surface area contributed by atoms with Gasteiger partial charge in [-0.1, -0.05) is 12.1 Å². The van der Waals surface area contributed by atoms with Crippen molar-refractivity contribution in [3.63, 3.8) is 0 Å². The third-order valence-electron chi connectivity index (χ3n) is 3.85. The maximum absolute atomic E-state index is 13.7. The number of thioether (sulfide) groups is 1. The molecule has 0 aliphatic carbocycles. The third-order valence-corrected chi connectivity index (χ3v) is 5.11. The molecule has 1 heterocycles. The Kier molecular flexibility index (Phi) is 5.08. The van der Waals surface area contributed by atoms with Gasteiger partial charge in [-0.05, 0) is 29.8 Å². The van der Waals surface area contributed by atoms with E-state index < -0.39 is 34.8 Å². The minimum Gasteiger partial charge on any atom is -0.308 e. The number of hydrogen-bond acceptors (Lipinski definition) is 2. The number of nitrogens with one attached hydrogen (secondary N) is 1. The summed E-state index contributed by atoms with van der Waals surface area (Å²) in [4.78, 5) is 13.8. The fourth-order valence-electron chi connectivity index (χ4n) is 2.57. The van der Waals surface area contributed by atoms with E-state index in [1.165, 1.54) is 28.8 Å². The average Bonchev–Trinajstić information content (AvgIpc) is 3.06. The van der Waals surface area contributed by atoms with Crippen LogP contribution in [0, 0.1) is 11.6 Å². The lowest BCUT2D eigenvalue weighted by atomic mass is 10.1. The molecule has 26 heavy (non-hydrogen) atoms. The second-order valence-corrected chi connectivity index (χ2v) is 6.78. The van der Waals surface area contributed by atoms with E-state index >= 15 is 0 Å². The molecule has 0 aromatic heterocycles. The van der Waals surface area contributed by atoms with Crippen molar-refractivity contribution in [2.75, 3.05) is 17.6 Å².